The Morgan fingerprint density at radius 1 is 0.841 bits per heavy atom. The van der Waals surface area contributed by atoms with Crippen LogP contribution in [0.5, 0.6) is 0 Å². The molecule has 3 aromatic carbocycles. The predicted molar refractivity (Wildman–Crippen MR) is 223 cm³/mol. The molecule has 2 bridgehead atoms. The second-order valence-electron chi connectivity index (χ2n) is 17.7. The van der Waals surface area contributed by atoms with E-state index in [0.29, 0.717) is 11.1 Å². The number of ether oxygens (including phenoxy) is 6. The van der Waals surface area contributed by atoms with Crippen molar-refractivity contribution in [3.8, 4) is 0 Å². The summed E-state index contributed by atoms with van der Waals surface area (Å²) in [6.45, 7) is 8.52. The molecule has 3 aromatic rings. The van der Waals surface area contributed by atoms with Crippen molar-refractivity contribution >= 4 is 29.6 Å². The van der Waals surface area contributed by atoms with E-state index in [0.717, 1.165) is 6.92 Å². The van der Waals surface area contributed by atoms with Crippen molar-refractivity contribution in [2.24, 2.45) is 16.7 Å². The van der Waals surface area contributed by atoms with Gasteiger partial charge in [0.1, 0.15) is 23.9 Å². The van der Waals surface area contributed by atoms with Crippen LogP contribution in [0.2, 0.25) is 0 Å². The maximum Gasteiger partial charge on any atom is 0.338 e. The van der Waals surface area contributed by atoms with Crippen LogP contribution in [0.3, 0.4) is 0 Å². The Morgan fingerprint density at radius 3 is 1.97 bits per heavy atom. The molecule has 12 atom stereocenters. The molecule has 7 rings (SSSR count). The number of carbonyl (C=O) groups excluding carboxylic acids is 5. The molecule has 1 aliphatic heterocycles. The average molecular weight is 870 g/mol. The number of fused-ring (bicyclic) bond motifs is 5. The van der Waals surface area contributed by atoms with Crippen molar-refractivity contribution < 1.29 is 67.7 Å². The van der Waals surface area contributed by atoms with Crippen LogP contribution in [0.1, 0.15) is 86.7 Å². The number of rotatable bonds is 12. The number of nitrogens with one attached hydrogen (secondary N) is 1. The molecular formula is C48H55NO14. The maximum absolute atomic E-state index is 15.7. The van der Waals surface area contributed by atoms with Gasteiger partial charge < -0.3 is 49.1 Å². The van der Waals surface area contributed by atoms with E-state index in [1.54, 1.807) is 107 Å². The fourth-order valence-electron chi connectivity index (χ4n) is 10.6. The van der Waals surface area contributed by atoms with Crippen LogP contribution in [0, 0.1) is 16.7 Å². The highest BCUT2D eigenvalue weighted by molar-refractivity contribution is 5.96. The molecule has 4 N–H and O–H groups in total. The van der Waals surface area contributed by atoms with Gasteiger partial charge in [0, 0.05) is 44.8 Å². The molecule has 4 aliphatic rings. The van der Waals surface area contributed by atoms with Crippen molar-refractivity contribution in [2.45, 2.75) is 115 Å². The van der Waals surface area contributed by atoms with Crippen molar-refractivity contribution in [1.82, 2.24) is 5.32 Å². The number of esters is 3. The second-order valence-corrected chi connectivity index (χ2v) is 17.7. The molecule has 1 amide bonds. The van der Waals surface area contributed by atoms with E-state index in [9.17, 15) is 34.5 Å². The minimum Gasteiger partial charge on any atom is -0.455 e. The fraction of sp³-hybridized carbons (Fsp3) is 0.479. The number of Topliss-reactive ketones (excluding diaryl/α,β-unsaturated/α-hetero) is 1. The minimum atomic E-state index is -2.30. The summed E-state index contributed by atoms with van der Waals surface area (Å²) in [5.74, 6) is -5.06. The summed E-state index contributed by atoms with van der Waals surface area (Å²) in [6.07, 6.45) is -10.9. The molecule has 0 aromatic heterocycles. The fourth-order valence-corrected chi connectivity index (χ4v) is 10.6. The third kappa shape index (κ3) is 7.78. The smallest absolute Gasteiger partial charge is 0.338 e. The SMILES string of the molecule is CO[C@H]1C[C@H]2OC[C@@]2(OC(C)=O)[C@@H]2[C@H](OC(=O)c3ccccc3)[C@]3(O)C[C@H](O[C@H](O)[C@H](O)[C@@H](NC(=O)c4ccccc4)c4ccccc4)C(C)=C([C@@H](OC(C)=O)C(=O)[C@@]12C)C3(C)C. The highest BCUT2D eigenvalue weighted by atomic mass is 16.6. The lowest BCUT2D eigenvalue weighted by molar-refractivity contribution is -0.348. The third-order valence-corrected chi connectivity index (χ3v) is 13.9. The van der Waals surface area contributed by atoms with Crippen molar-refractivity contribution in [1.29, 1.82) is 0 Å². The van der Waals surface area contributed by atoms with Gasteiger partial charge in [0.2, 0.25) is 0 Å². The zero-order valence-corrected chi connectivity index (χ0v) is 36.3. The number of ketones is 1. The van der Waals surface area contributed by atoms with E-state index < -0.39 is 113 Å². The van der Waals surface area contributed by atoms with Crippen LogP contribution in [0.25, 0.3) is 0 Å². The van der Waals surface area contributed by atoms with E-state index in [2.05, 4.69) is 5.32 Å². The Kier molecular flexibility index (Phi) is 12.6. The number of methoxy groups -OCH3 is 1. The van der Waals surface area contributed by atoms with E-state index >= 15 is 4.79 Å². The molecule has 0 unspecified atom stereocenters. The van der Waals surface area contributed by atoms with Gasteiger partial charge >= 0.3 is 17.9 Å². The summed E-state index contributed by atoms with van der Waals surface area (Å²) in [5.41, 5.74) is -6.14. The van der Waals surface area contributed by atoms with Crippen LogP contribution < -0.4 is 5.32 Å². The first kappa shape index (κ1) is 45.7. The summed E-state index contributed by atoms with van der Waals surface area (Å²) in [5, 5.41) is 40.4. The molecule has 15 nitrogen and oxygen atoms in total. The summed E-state index contributed by atoms with van der Waals surface area (Å²) in [4.78, 5) is 69.8. The first-order valence-electron chi connectivity index (χ1n) is 21.0. The molecule has 15 heteroatoms. The van der Waals surface area contributed by atoms with Gasteiger partial charge in [-0.2, -0.15) is 0 Å². The average Bonchev–Trinajstić information content (AvgIpc) is 3.25. The van der Waals surface area contributed by atoms with Gasteiger partial charge in [0.15, 0.2) is 23.8 Å². The van der Waals surface area contributed by atoms with Gasteiger partial charge in [-0.25, -0.2) is 4.79 Å². The van der Waals surface area contributed by atoms with Crippen LogP contribution in [-0.2, 0) is 42.8 Å². The first-order chi connectivity index (χ1) is 29.8. The lowest BCUT2D eigenvalue weighted by atomic mass is 9.44. The molecule has 63 heavy (non-hydrogen) atoms. The molecular weight excluding hydrogens is 815 g/mol. The first-order valence-corrected chi connectivity index (χ1v) is 21.0. The Morgan fingerprint density at radius 2 is 1.43 bits per heavy atom. The van der Waals surface area contributed by atoms with Crippen molar-refractivity contribution in [2.75, 3.05) is 13.7 Å². The van der Waals surface area contributed by atoms with Crippen LogP contribution in [0.15, 0.2) is 102 Å². The number of hydrogen-bond donors (Lipinski definition) is 4. The number of carbonyl (C=O) groups is 5. The number of hydrogen-bond acceptors (Lipinski definition) is 14. The number of amides is 1. The van der Waals surface area contributed by atoms with Gasteiger partial charge in [-0.05, 0) is 54.8 Å². The van der Waals surface area contributed by atoms with E-state index in [-0.39, 0.29) is 29.7 Å². The topological polar surface area (TPSA) is 213 Å². The minimum absolute atomic E-state index is 0.0493. The van der Waals surface area contributed by atoms with Gasteiger partial charge in [0.25, 0.3) is 5.91 Å². The molecule has 336 valence electrons. The molecule has 1 heterocycles. The number of aliphatic hydroxyl groups is 3. The Bertz CT molecular complexity index is 2250. The van der Waals surface area contributed by atoms with Crippen molar-refractivity contribution in [3.05, 3.63) is 119 Å². The predicted octanol–water partition coefficient (Wildman–Crippen LogP) is 4.18. The quantitative estimate of drug-likeness (QED) is 0.0871. The highest BCUT2D eigenvalue weighted by Crippen LogP contribution is 2.65. The summed E-state index contributed by atoms with van der Waals surface area (Å²) in [6, 6.07) is 23.6. The largest absolute Gasteiger partial charge is 0.455 e. The lowest BCUT2D eigenvalue weighted by Gasteiger charge is -2.67. The molecule has 0 spiro atoms. The Labute approximate surface area is 365 Å². The van der Waals surface area contributed by atoms with Gasteiger partial charge in [-0.1, -0.05) is 80.6 Å². The van der Waals surface area contributed by atoms with E-state index in [1.165, 1.54) is 26.2 Å². The van der Waals surface area contributed by atoms with Crippen molar-refractivity contribution in [3.63, 3.8) is 0 Å². The van der Waals surface area contributed by atoms with Gasteiger partial charge in [0.05, 0.1) is 41.8 Å². The third-order valence-electron chi connectivity index (χ3n) is 13.9. The summed E-state index contributed by atoms with van der Waals surface area (Å²) in [7, 11) is 1.40. The zero-order chi connectivity index (χ0) is 45.6. The Hall–Kier alpha value is -5.29. The molecule has 2 saturated carbocycles. The number of benzene rings is 3. The second kappa shape index (κ2) is 17.4. The summed E-state index contributed by atoms with van der Waals surface area (Å²) < 4.78 is 37.1. The lowest BCUT2D eigenvalue weighted by Crippen LogP contribution is -2.82. The van der Waals surface area contributed by atoms with Crippen LogP contribution in [-0.4, -0.2) is 113 Å². The Balaban J connectivity index is 1.40. The van der Waals surface area contributed by atoms with Gasteiger partial charge in [-0.15, -0.1) is 0 Å². The van der Waals surface area contributed by atoms with E-state index in [4.69, 9.17) is 28.4 Å². The normalized spacial score (nSPS) is 32.2. The zero-order valence-electron chi connectivity index (χ0n) is 36.3. The highest BCUT2D eigenvalue weighted by Gasteiger charge is 2.78. The van der Waals surface area contributed by atoms with Crippen LogP contribution in [0.4, 0.5) is 0 Å². The maximum atomic E-state index is 15.7. The molecule has 3 aliphatic carbocycles. The van der Waals surface area contributed by atoms with Gasteiger partial charge in [-0.3, -0.25) is 19.2 Å². The number of aliphatic hydroxyl groups excluding tert-OH is 2. The molecule has 0 radical (unpaired) electrons. The molecule has 3 fully saturated rings. The summed E-state index contributed by atoms with van der Waals surface area (Å²) >= 11 is 0. The standard InChI is InChI=1S/C48H55NO14/c1-26-32(61-44(56)37(52)36(29-17-11-8-12-18-29)49-42(54)30-19-13-9-14-20-30)24-48(57)41(62-43(55)31-21-15-10-16-22-31)39-46(6,40(53)38(60-27(2)50)35(26)45(48,4)5)33(58-7)23-34-47(39,25-59-34)63-28(3)51/h8-22,32-34,36-39,41,44,52,56-57H,23-25H2,1-7H3,(H,49,54)/t32-,33-,34+,36-,37+,38+,39+,41-,44-,46-,47-,48+/m0/s1. The monoisotopic (exact) mass is 869 g/mol. The molecule has 1 saturated heterocycles. The van der Waals surface area contributed by atoms with E-state index in [1.807, 2.05) is 0 Å². The van der Waals surface area contributed by atoms with Crippen LogP contribution >= 0.6 is 0 Å².